The lowest BCUT2D eigenvalue weighted by Gasteiger charge is -2.20. The number of ether oxygens (including phenoxy) is 1. The Hall–Kier alpha value is -2.01. The molecule has 0 radical (unpaired) electrons. The molecule has 2 aromatic rings. The first-order valence-corrected chi connectivity index (χ1v) is 8.04. The molecule has 0 fully saturated rings. The number of hydrogen-bond donors (Lipinski definition) is 1. The van der Waals surface area contributed by atoms with Crippen LogP contribution >= 0.6 is 0 Å². The Bertz CT molecular complexity index is 567. The van der Waals surface area contributed by atoms with Crippen LogP contribution in [0.2, 0.25) is 0 Å². The van der Waals surface area contributed by atoms with Crippen LogP contribution in [0.15, 0.2) is 54.6 Å². The predicted molar refractivity (Wildman–Crippen MR) is 91.1 cm³/mol. The molecule has 0 bridgehead atoms. The molecule has 0 aliphatic carbocycles. The van der Waals surface area contributed by atoms with E-state index >= 15 is 0 Å². The number of benzene rings is 2. The highest BCUT2D eigenvalue weighted by atomic mass is 19.4. The number of nitrogens with one attached hydrogen (secondary N) is 1. The Labute approximate surface area is 141 Å². The first-order valence-electron chi connectivity index (χ1n) is 8.04. The summed E-state index contributed by atoms with van der Waals surface area (Å²) in [5.41, 5.74) is 0.323. The Balaban J connectivity index is 0.00000139. The molecule has 0 saturated carbocycles. The van der Waals surface area contributed by atoms with Gasteiger partial charge in [-0.2, -0.15) is 13.2 Å². The average Bonchev–Trinajstić information content (AvgIpc) is 2.61. The van der Waals surface area contributed by atoms with Gasteiger partial charge in [0.1, 0.15) is 11.9 Å². The zero-order chi connectivity index (χ0) is 18.0. The average molecular weight is 339 g/mol. The molecule has 2 aromatic carbocycles. The van der Waals surface area contributed by atoms with E-state index in [1.807, 2.05) is 51.2 Å². The van der Waals surface area contributed by atoms with Crippen molar-refractivity contribution >= 4 is 0 Å². The number of hydrogen-bond acceptors (Lipinski definition) is 2. The minimum Gasteiger partial charge on any atom is -0.486 e. The molecule has 0 aliphatic heterocycles. The maximum absolute atomic E-state index is 12.6. The highest BCUT2D eigenvalue weighted by Crippen LogP contribution is 2.31. The highest BCUT2D eigenvalue weighted by molar-refractivity contribution is 5.30. The van der Waals surface area contributed by atoms with Gasteiger partial charge in [0, 0.05) is 6.42 Å². The van der Waals surface area contributed by atoms with Crippen LogP contribution in [-0.2, 0) is 6.18 Å². The standard InChI is InChI=1S/C17H18F3NO.C2H6/c1-21-12-11-16(13-5-3-2-4-6-13)22-15-9-7-14(8-10-15)17(18,19)20;1-2/h2-10,16,21H,11-12H2,1H3;1-2H3. The van der Waals surface area contributed by atoms with Gasteiger partial charge in [0.2, 0.25) is 0 Å². The third kappa shape index (κ3) is 6.24. The summed E-state index contributed by atoms with van der Waals surface area (Å²) in [4.78, 5) is 0. The van der Waals surface area contributed by atoms with Gasteiger partial charge in [0.15, 0.2) is 0 Å². The van der Waals surface area contributed by atoms with Crippen molar-refractivity contribution in [1.29, 1.82) is 0 Å². The van der Waals surface area contributed by atoms with Crippen LogP contribution in [0.1, 0.15) is 37.5 Å². The summed E-state index contributed by atoms with van der Waals surface area (Å²) in [6.45, 7) is 4.75. The smallest absolute Gasteiger partial charge is 0.416 e. The monoisotopic (exact) mass is 339 g/mol. The van der Waals surface area contributed by atoms with Crippen molar-refractivity contribution in [2.24, 2.45) is 0 Å². The molecule has 0 amide bonds. The summed E-state index contributed by atoms with van der Waals surface area (Å²) in [5, 5.41) is 3.05. The molecule has 1 atom stereocenters. The van der Waals surface area contributed by atoms with Crippen LogP contribution < -0.4 is 10.1 Å². The minimum atomic E-state index is -4.33. The fourth-order valence-electron chi connectivity index (χ4n) is 2.12. The topological polar surface area (TPSA) is 21.3 Å². The molecule has 132 valence electrons. The van der Waals surface area contributed by atoms with Crippen LogP contribution in [-0.4, -0.2) is 13.6 Å². The van der Waals surface area contributed by atoms with Crippen LogP contribution in [0.25, 0.3) is 0 Å². The van der Waals surface area contributed by atoms with Gasteiger partial charge >= 0.3 is 6.18 Å². The molecule has 2 nitrogen and oxygen atoms in total. The predicted octanol–water partition coefficient (Wildman–Crippen LogP) is 5.46. The van der Waals surface area contributed by atoms with E-state index < -0.39 is 11.7 Å². The van der Waals surface area contributed by atoms with Gasteiger partial charge in [-0.25, -0.2) is 0 Å². The Morgan fingerprint density at radius 3 is 2.04 bits per heavy atom. The quantitative estimate of drug-likeness (QED) is 0.754. The Morgan fingerprint density at radius 1 is 0.958 bits per heavy atom. The summed E-state index contributed by atoms with van der Waals surface area (Å²) >= 11 is 0. The maximum Gasteiger partial charge on any atom is 0.416 e. The Morgan fingerprint density at radius 2 is 1.54 bits per heavy atom. The minimum absolute atomic E-state index is 0.203. The third-order valence-corrected chi connectivity index (χ3v) is 3.29. The summed E-state index contributed by atoms with van der Waals surface area (Å²) in [5.74, 6) is 0.429. The van der Waals surface area contributed by atoms with Crippen LogP contribution in [0, 0.1) is 0 Å². The van der Waals surface area contributed by atoms with Gasteiger partial charge in [-0.05, 0) is 43.4 Å². The van der Waals surface area contributed by atoms with Crippen LogP contribution in [0.5, 0.6) is 5.75 Å². The van der Waals surface area contributed by atoms with Gasteiger partial charge in [0.05, 0.1) is 5.56 Å². The van der Waals surface area contributed by atoms with Crippen molar-refractivity contribution in [2.45, 2.75) is 32.5 Å². The zero-order valence-corrected chi connectivity index (χ0v) is 14.2. The molecule has 24 heavy (non-hydrogen) atoms. The second-order valence-corrected chi connectivity index (χ2v) is 4.93. The molecular weight excluding hydrogens is 315 g/mol. The molecule has 0 spiro atoms. The molecule has 0 aromatic heterocycles. The van der Waals surface area contributed by atoms with Crippen molar-refractivity contribution in [1.82, 2.24) is 5.32 Å². The first kappa shape index (κ1) is 20.0. The molecule has 1 N–H and O–H groups in total. The van der Waals surface area contributed by atoms with Crippen molar-refractivity contribution < 1.29 is 17.9 Å². The van der Waals surface area contributed by atoms with Crippen molar-refractivity contribution in [2.75, 3.05) is 13.6 Å². The van der Waals surface area contributed by atoms with E-state index in [1.165, 1.54) is 12.1 Å². The second kappa shape index (κ2) is 9.98. The molecule has 0 aliphatic rings. The fourth-order valence-corrected chi connectivity index (χ4v) is 2.12. The third-order valence-electron chi connectivity index (χ3n) is 3.29. The summed E-state index contributed by atoms with van der Waals surface area (Å²) < 4.78 is 43.6. The van der Waals surface area contributed by atoms with Crippen LogP contribution in [0.3, 0.4) is 0 Å². The number of rotatable bonds is 6. The lowest BCUT2D eigenvalue weighted by molar-refractivity contribution is -0.137. The zero-order valence-electron chi connectivity index (χ0n) is 14.2. The van der Waals surface area contributed by atoms with Crippen molar-refractivity contribution in [3.8, 4) is 5.75 Å². The summed E-state index contributed by atoms with van der Waals surface area (Å²) in [6, 6.07) is 14.4. The second-order valence-electron chi connectivity index (χ2n) is 4.93. The molecule has 2 rings (SSSR count). The van der Waals surface area contributed by atoms with E-state index in [2.05, 4.69) is 5.32 Å². The van der Waals surface area contributed by atoms with E-state index in [-0.39, 0.29) is 6.10 Å². The van der Waals surface area contributed by atoms with E-state index in [0.717, 1.165) is 30.7 Å². The van der Waals surface area contributed by atoms with Crippen molar-refractivity contribution in [3.63, 3.8) is 0 Å². The van der Waals surface area contributed by atoms with Gasteiger partial charge in [0.25, 0.3) is 0 Å². The SMILES string of the molecule is CC.CNCCC(Oc1ccc(C(F)(F)F)cc1)c1ccccc1. The van der Waals surface area contributed by atoms with E-state index in [0.29, 0.717) is 5.75 Å². The van der Waals surface area contributed by atoms with Gasteiger partial charge in [-0.15, -0.1) is 0 Å². The number of alkyl halides is 3. The van der Waals surface area contributed by atoms with Crippen molar-refractivity contribution in [3.05, 3.63) is 65.7 Å². The highest BCUT2D eigenvalue weighted by Gasteiger charge is 2.30. The molecular formula is C19H24F3NO. The van der Waals surface area contributed by atoms with Crippen LogP contribution in [0.4, 0.5) is 13.2 Å². The van der Waals surface area contributed by atoms with Gasteiger partial charge < -0.3 is 10.1 Å². The van der Waals surface area contributed by atoms with E-state index in [4.69, 9.17) is 4.74 Å². The maximum atomic E-state index is 12.6. The molecule has 5 heteroatoms. The van der Waals surface area contributed by atoms with E-state index in [1.54, 1.807) is 0 Å². The summed E-state index contributed by atoms with van der Waals surface area (Å²) in [7, 11) is 1.85. The Kier molecular flexibility index (Phi) is 8.33. The lowest BCUT2D eigenvalue weighted by Crippen LogP contribution is -2.16. The molecule has 0 saturated heterocycles. The van der Waals surface area contributed by atoms with E-state index in [9.17, 15) is 13.2 Å². The fraction of sp³-hybridized carbons (Fsp3) is 0.368. The normalized spacial score (nSPS) is 12.1. The number of halogens is 3. The molecule has 1 unspecified atom stereocenters. The first-order chi connectivity index (χ1) is 11.5. The van der Waals surface area contributed by atoms with Gasteiger partial charge in [-0.3, -0.25) is 0 Å². The largest absolute Gasteiger partial charge is 0.486 e. The van der Waals surface area contributed by atoms with Gasteiger partial charge in [-0.1, -0.05) is 44.2 Å². The molecule has 0 heterocycles. The summed E-state index contributed by atoms with van der Waals surface area (Å²) in [6.07, 6.45) is -3.81. The lowest BCUT2D eigenvalue weighted by atomic mass is 10.1.